The summed E-state index contributed by atoms with van der Waals surface area (Å²) in [4.78, 5) is 4.84. The molecule has 0 aliphatic heterocycles. The van der Waals surface area contributed by atoms with Gasteiger partial charge in [-0.1, -0.05) is 91.2 Å². The summed E-state index contributed by atoms with van der Waals surface area (Å²) < 4.78 is 10.9. The molecule has 5 nitrogen and oxygen atoms in total. The summed E-state index contributed by atoms with van der Waals surface area (Å²) in [6.07, 6.45) is 2.91. The third kappa shape index (κ3) is 7.45. The molecule has 0 unspecified atom stereocenters. The maximum Gasteiger partial charge on any atom is 2.00 e. The number of hydrogen-bond donors (Lipinski definition) is 0. The van der Waals surface area contributed by atoms with Crippen LogP contribution in [0.3, 0.4) is 0 Å². The number of nitrogens with zero attached hydrogens (tertiary/aromatic N) is 4. The Kier molecular flexibility index (Phi) is 10.6. The fourth-order valence-corrected chi connectivity index (χ4v) is 7.63. The quantitative estimate of drug-likeness (QED) is 0.150. The Balaban J connectivity index is 0.00000497. The summed E-state index contributed by atoms with van der Waals surface area (Å²) in [6, 6.07) is 33.1. The molecule has 7 rings (SSSR count). The number of ether oxygens (including phenoxy) is 1. The van der Waals surface area contributed by atoms with Gasteiger partial charge in [0.05, 0.1) is 5.69 Å². The molecule has 0 saturated carbocycles. The van der Waals surface area contributed by atoms with Gasteiger partial charge in [-0.05, 0) is 108 Å². The molecule has 0 amide bonds. The molecule has 0 spiro atoms. The van der Waals surface area contributed by atoms with E-state index in [9.17, 15) is 0 Å². The number of rotatable bonds is 7. The summed E-state index contributed by atoms with van der Waals surface area (Å²) in [6.45, 7) is 26.7. The van der Waals surface area contributed by atoms with Gasteiger partial charge in [0.15, 0.2) is 0 Å². The molecule has 54 heavy (non-hydrogen) atoms. The number of pyridine rings is 1. The summed E-state index contributed by atoms with van der Waals surface area (Å²) in [5.74, 6) is 2.67. The molecule has 3 aromatic heterocycles. The standard InChI is InChI=1S/C48H52N4O.Pt/c1-29(2)21-34-19-20-49-44(24-34)51-42-16-14-13-15-40(42)41-18-17-38(28-43(41)51)53-39-26-36(48(10,11)12)25-37(27-39)52-33(6)46(32(5)50-52)45-30(3)22-35(23-31(45)4)47(7,8)9;/h13-20,22-26,29H,21H2,1-12H3;/q-2;+2. The Morgan fingerprint density at radius 3 is 2.06 bits per heavy atom. The van der Waals surface area contributed by atoms with E-state index in [2.05, 4.69) is 167 Å². The molecule has 0 fully saturated rings. The zero-order chi connectivity index (χ0) is 38.0. The van der Waals surface area contributed by atoms with Crippen LogP contribution in [0, 0.1) is 45.7 Å². The minimum atomic E-state index is -0.135. The van der Waals surface area contributed by atoms with E-state index in [4.69, 9.17) is 14.8 Å². The topological polar surface area (TPSA) is 44.9 Å². The van der Waals surface area contributed by atoms with Gasteiger partial charge >= 0.3 is 21.1 Å². The van der Waals surface area contributed by atoms with E-state index in [1.165, 1.54) is 33.4 Å². The van der Waals surface area contributed by atoms with Gasteiger partial charge in [0.1, 0.15) is 5.82 Å². The van der Waals surface area contributed by atoms with E-state index in [1.54, 1.807) is 0 Å². The van der Waals surface area contributed by atoms with Gasteiger partial charge in [0.2, 0.25) is 0 Å². The van der Waals surface area contributed by atoms with E-state index < -0.39 is 0 Å². The SMILES string of the molecule is Cc1cc(C(C)(C)C)cc(C)c1-c1c(C)nn(-c2[c-]c(Oc3[c-]c4c(cc3)c3ccccc3n4-c3cc(CC(C)C)ccn3)cc(C(C)(C)C)c2)c1C.[Pt+2]. The normalized spacial score (nSPS) is 12.2. The Hall–Kier alpha value is -4.47. The van der Waals surface area contributed by atoms with Crippen LogP contribution in [0.2, 0.25) is 0 Å². The summed E-state index contributed by atoms with van der Waals surface area (Å²) >= 11 is 0. The maximum absolute atomic E-state index is 6.71. The second kappa shape index (κ2) is 14.6. The molecular formula is C48H52N4OPt. The van der Waals surface area contributed by atoms with Gasteiger partial charge in [-0.2, -0.15) is 11.2 Å². The molecule has 0 N–H and O–H groups in total. The van der Waals surface area contributed by atoms with Crippen molar-refractivity contribution in [2.45, 2.75) is 100 Å². The molecule has 4 aromatic carbocycles. The molecule has 0 bridgehead atoms. The summed E-state index contributed by atoms with van der Waals surface area (Å²) in [5, 5.41) is 7.39. The van der Waals surface area contributed by atoms with Crippen LogP contribution in [0.4, 0.5) is 0 Å². The van der Waals surface area contributed by atoms with Crippen molar-refractivity contribution in [1.82, 2.24) is 19.3 Å². The van der Waals surface area contributed by atoms with Crippen LogP contribution in [0.1, 0.15) is 94.6 Å². The van der Waals surface area contributed by atoms with Gasteiger partial charge in [-0.25, -0.2) is 4.98 Å². The van der Waals surface area contributed by atoms with Crippen molar-refractivity contribution in [3.8, 4) is 34.1 Å². The minimum absolute atomic E-state index is 0. The molecule has 280 valence electrons. The van der Waals surface area contributed by atoms with Gasteiger partial charge in [-0.3, -0.25) is 4.68 Å². The molecular weight excluding hydrogens is 844 g/mol. The zero-order valence-corrected chi connectivity index (χ0v) is 36.1. The minimum Gasteiger partial charge on any atom is -0.509 e. The third-order valence-corrected chi connectivity index (χ3v) is 10.3. The largest absolute Gasteiger partial charge is 2.00 e. The maximum atomic E-state index is 6.71. The Morgan fingerprint density at radius 2 is 1.39 bits per heavy atom. The van der Waals surface area contributed by atoms with Gasteiger partial charge in [-0.15, -0.1) is 41.3 Å². The van der Waals surface area contributed by atoms with Crippen LogP contribution in [0.25, 0.3) is 44.4 Å². The first-order chi connectivity index (χ1) is 25.0. The van der Waals surface area contributed by atoms with Crippen molar-refractivity contribution in [3.63, 3.8) is 0 Å². The fourth-order valence-electron chi connectivity index (χ4n) is 7.63. The summed E-state index contributed by atoms with van der Waals surface area (Å²) in [7, 11) is 0. The number of aryl methyl sites for hydroxylation is 3. The van der Waals surface area contributed by atoms with Gasteiger partial charge in [0, 0.05) is 34.5 Å². The first-order valence-electron chi connectivity index (χ1n) is 18.8. The molecule has 0 aliphatic rings. The zero-order valence-electron chi connectivity index (χ0n) is 33.8. The van der Waals surface area contributed by atoms with Crippen molar-refractivity contribution in [3.05, 3.63) is 130 Å². The average molecular weight is 896 g/mol. The van der Waals surface area contributed by atoms with Crippen LogP contribution in [-0.2, 0) is 38.3 Å². The predicted octanol–water partition coefficient (Wildman–Crippen LogP) is 12.4. The Bertz CT molecular complexity index is 2480. The average Bonchev–Trinajstić information content (AvgIpc) is 3.56. The summed E-state index contributed by atoms with van der Waals surface area (Å²) in [5.41, 5.74) is 13.6. The van der Waals surface area contributed by atoms with Crippen LogP contribution in [-0.4, -0.2) is 19.3 Å². The number of para-hydroxylation sites is 1. The van der Waals surface area contributed by atoms with Crippen molar-refractivity contribution in [1.29, 1.82) is 0 Å². The number of aromatic nitrogens is 4. The Morgan fingerprint density at radius 1 is 0.722 bits per heavy atom. The van der Waals surface area contributed by atoms with E-state index in [0.29, 0.717) is 17.4 Å². The van der Waals surface area contributed by atoms with Crippen LogP contribution < -0.4 is 4.74 Å². The van der Waals surface area contributed by atoms with E-state index in [0.717, 1.165) is 56.7 Å². The molecule has 0 aliphatic carbocycles. The smallest absolute Gasteiger partial charge is 0.509 e. The molecule has 6 heteroatoms. The molecule has 0 atom stereocenters. The van der Waals surface area contributed by atoms with Crippen molar-refractivity contribution in [2.75, 3.05) is 0 Å². The molecule has 7 aromatic rings. The second-order valence-corrected chi connectivity index (χ2v) is 17.2. The monoisotopic (exact) mass is 895 g/mol. The Labute approximate surface area is 336 Å². The van der Waals surface area contributed by atoms with Gasteiger partial charge in [0.25, 0.3) is 0 Å². The second-order valence-electron chi connectivity index (χ2n) is 17.2. The number of benzene rings is 4. The van der Waals surface area contributed by atoms with E-state index in [1.807, 2.05) is 16.9 Å². The van der Waals surface area contributed by atoms with Crippen molar-refractivity contribution >= 4 is 21.8 Å². The van der Waals surface area contributed by atoms with E-state index in [-0.39, 0.29) is 31.9 Å². The number of hydrogen-bond acceptors (Lipinski definition) is 3. The van der Waals surface area contributed by atoms with Crippen LogP contribution >= 0.6 is 0 Å². The van der Waals surface area contributed by atoms with Crippen molar-refractivity contribution < 1.29 is 25.8 Å². The van der Waals surface area contributed by atoms with E-state index >= 15 is 0 Å². The first-order valence-corrected chi connectivity index (χ1v) is 18.8. The van der Waals surface area contributed by atoms with Crippen LogP contribution in [0.15, 0.2) is 79.0 Å². The number of fused-ring (bicyclic) bond motifs is 3. The fraction of sp³-hybridized carbons (Fsp3) is 0.333. The molecule has 0 radical (unpaired) electrons. The van der Waals surface area contributed by atoms with Gasteiger partial charge < -0.3 is 9.30 Å². The molecule has 3 heterocycles. The predicted molar refractivity (Wildman–Crippen MR) is 220 cm³/mol. The first kappa shape index (κ1) is 39.2. The third-order valence-electron chi connectivity index (χ3n) is 10.3. The van der Waals surface area contributed by atoms with Crippen LogP contribution in [0.5, 0.6) is 11.5 Å². The van der Waals surface area contributed by atoms with Crippen molar-refractivity contribution in [2.24, 2.45) is 5.92 Å². The molecule has 0 saturated heterocycles.